The van der Waals surface area contributed by atoms with Crippen LogP contribution in [0.15, 0.2) is 56.6 Å². The fourth-order valence-corrected chi connectivity index (χ4v) is 5.67. The molecule has 0 amide bonds. The van der Waals surface area contributed by atoms with Gasteiger partial charge in [0.1, 0.15) is 6.07 Å². The summed E-state index contributed by atoms with van der Waals surface area (Å²) in [6.07, 6.45) is 0.991. The van der Waals surface area contributed by atoms with Gasteiger partial charge in [0.2, 0.25) is 27.5 Å². The van der Waals surface area contributed by atoms with E-state index in [0.717, 1.165) is 16.4 Å². The number of pyridine rings is 1. The van der Waals surface area contributed by atoms with E-state index in [1.165, 1.54) is 26.2 Å². The lowest BCUT2D eigenvalue weighted by atomic mass is 9.83. The number of rotatable bonds is 4. The standard InChI is InChI=1S/C23H23N5O4S/c1-26(2)33(30,31)18-8-6-16(7-9-18)22-25-19(11-24)23(32-22)27-12-15-10-17(14-27)20-4-3-5-21(29)28(20)13-15/h3-9,15,17H,10,12-14H2,1-2H3/t15-,17+/m0/s1. The molecule has 0 radical (unpaired) electrons. The molecule has 5 rings (SSSR count). The lowest BCUT2D eigenvalue weighted by molar-refractivity contribution is 0.275. The van der Waals surface area contributed by atoms with Gasteiger partial charge in [0.15, 0.2) is 0 Å². The van der Waals surface area contributed by atoms with Crippen LogP contribution < -0.4 is 10.5 Å². The summed E-state index contributed by atoms with van der Waals surface area (Å²) < 4.78 is 33.7. The predicted molar refractivity (Wildman–Crippen MR) is 121 cm³/mol. The number of oxazole rings is 1. The van der Waals surface area contributed by atoms with Crippen LogP contribution in [0.1, 0.15) is 23.7 Å². The van der Waals surface area contributed by atoms with Crippen molar-refractivity contribution < 1.29 is 12.8 Å². The molecule has 2 aromatic heterocycles. The first-order valence-corrected chi connectivity index (χ1v) is 12.1. The molecule has 170 valence electrons. The number of aromatic nitrogens is 2. The zero-order valence-electron chi connectivity index (χ0n) is 18.3. The highest BCUT2D eigenvalue weighted by Crippen LogP contribution is 2.39. The van der Waals surface area contributed by atoms with Gasteiger partial charge in [-0.3, -0.25) is 4.79 Å². The summed E-state index contributed by atoms with van der Waals surface area (Å²) in [5.41, 5.74) is 1.82. The minimum Gasteiger partial charge on any atom is -0.419 e. The van der Waals surface area contributed by atoms with Crippen molar-refractivity contribution in [2.75, 3.05) is 32.1 Å². The van der Waals surface area contributed by atoms with Gasteiger partial charge in [-0.05, 0) is 42.7 Å². The van der Waals surface area contributed by atoms with Crippen molar-refractivity contribution in [3.05, 3.63) is 64.2 Å². The van der Waals surface area contributed by atoms with E-state index in [4.69, 9.17) is 4.42 Å². The molecular weight excluding hydrogens is 442 g/mol. The van der Waals surface area contributed by atoms with Gasteiger partial charge >= 0.3 is 0 Å². The molecule has 1 fully saturated rings. The first-order valence-electron chi connectivity index (χ1n) is 10.7. The number of fused-ring (bicyclic) bond motifs is 4. The molecule has 0 N–H and O–H groups in total. The molecule has 4 heterocycles. The Kier molecular flexibility index (Phi) is 5.11. The molecule has 2 aliphatic rings. The van der Waals surface area contributed by atoms with E-state index in [0.29, 0.717) is 31.1 Å². The number of piperidine rings is 1. The van der Waals surface area contributed by atoms with Gasteiger partial charge < -0.3 is 13.9 Å². The highest BCUT2D eigenvalue weighted by atomic mass is 32.2. The molecule has 0 spiro atoms. The van der Waals surface area contributed by atoms with Crippen LogP contribution in [-0.2, 0) is 16.6 Å². The Morgan fingerprint density at radius 2 is 1.88 bits per heavy atom. The average molecular weight is 466 g/mol. The third-order valence-corrected chi connectivity index (χ3v) is 8.19. The molecule has 10 heteroatoms. The van der Waals surface area contributed by atoms with E-state index in [2.05, 4.69) is 11.1 Å². The lowest BCUT2D eigenvalue weighted by Crippen LogP contribution is -2.47. The van der Waals surface area contributed by atoms with Gasteiger partial charge in [-0.2, -0.15) is 10.2 Å². The van der Waals surface area contributed by atoms with Gasteiger partial charge in [-0.1, -0.05) is 6.07 Å². The Balaban J connectivity index is 1.45. The van der Waals surface area contributed by atoms with Crippen molar-refractivity contribution in [3.8, 4) is 17.5 Å². The zero-order valence-corrected chi connectivity index (χ0v) is 19.1. The smallest absolute Gasteiger partial charge is 0.250 e. The van der Waals surface area contributed by atoms with Gasteiger partial charge in [0.05, 0.1) is 4.90 Å². The summed E-state index contributed by atoms with van der Waals surface area (Å²) >= 11 is 0. The van der Waals surface area contributed by atoms with Crippen molar-refractivity contribution in [1.29, 1.82) is 5.26 Å². The molecule has 2 bridgehead atoms. The maximum Gasteiger partial charge on any atom is 0.250 e. The maximum atomic E-state index is 12.3. The summed E-state index contributed by atoms with van der Waals surface area (Å²) in [4.78, 5) is 18.8. The quantitative estimate of drug-likeness (QED) is 0.581. The first kappa shape index (κ1) is 21.4. The largest absolute Gasteiger partial charge is 0.419 e. The van der Waals surface area contributed by atoms with Gasteiger partial charge in [-0.15, -0.1) is 0 Å². The maximum absolute atomic E-state index is 12.3. The molecule has 2 atom stereocenters. The van der Waals surface area contributed by atoms with E-state index < -0.39 is 10.0 Å². The molecule has 3 aromatic rings. The van der Waals surface area contributed by atoms with Crippen molar-refractivity contribution in [2.24, 2.45) is 5.92 Å². The van der Waals surface area contributed by atoms with Crippen molar-refractivity contribution in [1.82, 2.24) is 13.9 Å². The number of nitriles is 1. The number of sulfonamides is 1. The number of benzene rings is 1. The molecule has 9 nitrogen and oxygen atoms in total. The third-order valence-electron chi connectivity index (χ3n) is 6.36. The molecule has 0 aliphatic carbocycles. The van der Waals surface area contributed by atoms with E-state index in [-0.39, 0.29) is 33.9 Å². The number of nitrogens with zero attached hydrogens (tertiary/aromatic N) is 5. The molecular formula is C23H23N5O4S. The lowest BCUT2D eigenvalue weighted by Gasteiger charge is -2.42. The van der Waals surface area contributed by atoms with Crippen LogP contribution in [0.4, 0.5) is 5.88 Å². The Labute approximate surface area is 191 Å². The van der Waals surface area contributed by atoms with Crippen molar-refractivity contribution >= 4 is 15.9 Å². The molecule has 2 aliphatic heterocycles. The van der Waals surface area contributed by atoms with Gasteiger partial charge in [-0.25, -0.2) is 12.7 Å². The van der Waals surface area contributed by atoms with E-state index in [1.54, 1.807) is 24.3 Å². The number of anilines is 1. The Hall–Kier alpha value is -3.42. The highest BCUT2D eigenvalue weighted by Gasteiger charge is 2.36. The van der Waals surface area contributed by atoms with Crippen LogP contribution in [0.3, 0.4) is 0 Å². The number of hydrogen-bond acceptors (Lipinski definition) is 7. The zero-order chi connectivity index (χ0) is 23.3. The minimum atomic E-state index is -3.54. The third kappa shape index (κ3) is 3.63. The van der Waals surface area contributed by atoms with Crippen molar-refractivity contribution in [2.45, 2.75) is 23.8 Å². The Morgan fingerprint density at radius 3 is 2.58 bits per heavy atom. The summed E-state index contributed by atoms with van der Waals surface area (Å²) in [7, 11) is -0.584. The predicted octanol–water partition coefficient (Wildman–Crippen LogP) is 2.25. The van der Waals surface area contributed by atoms with Crippen LogP contribution in [0, 0.1) is 17.2 Å². The van der Waals surface area contributed by atoms with Crippen LogP contribution in [0.5, 0.6) is 0 Å². The molecule has 1 aromatic carbocycles. The van der Waals surface area contributed by atoms with E-state index in [9.17, 15) is 18.5 Å². The van der Waals surface area contributed by atoms with Crippen LogP contribution in [0.2, 0.25) is 0 Å². The SMILES string of the molecule is CN(C)S(=O)(=O)c1ccc(-c2nc(C#N)c(N3C[C@@H]4C[C@H](C3)c3cccc(=O)n3C4)o2)cc1. The van der Waals surface area contributed by atoms with E-state index in [1.807, 2.05) is 15.5 Å². The monoisotopic (exact) mass is 465 g/mol. The topological polar surface area (TPSA) is 112 Å². The number of hydrogen-bond donors (Lipinski definition) is 0. The normalized spacial score (nSPS) is 19.9. The van der Waals surface area contributed by atoms with Crippen molar-refractivity contribution in [3.63, 3.8) is 0 Å². The van der Waals surface area contributed by atoms with Gasteiger partial charge in [0, 0.05) is 57.0 Å². The fourth-order valence-electron chi connectivity index (χ4n) is 4.77. The summed E-state index contributed by atoms with van der Waals surface area (Å²) in [6, 6.07) is 13.8. The second kappa shape index (κ2) is 7.86. The second-order valence-electron chi connectivity index (χ2n) is 8.70. The van der Waals surface area contributed by atoms with Crippen LogP contribution in [-0.4, -0.2) is 49.5 Å². The first-order chi connectivity index (χ1) is 15.8. The molecule has 0 saturated carbocycles. The fraction of sp³-hybridized carbons (Fsp3) is 0.348. The van der Waals surface area contributed by atoms with Crippen LogP contribution >= 0.6 is 0 Å². The van der Waals surface area contributed by atoms with E-state index >= 15 is 0 Å². The molecule has 1 saturated heterocycles. The average Bonchev–Trinajstić information content (AvgIpc) is 3.24. The Bertz CT molecular complexity index is 1420. The minimum absolute atomic E-state index is 0.0232. The molecule has 33 heavy (non-hydrogen) atoms. The summed E-state index contributed by atoms with van der Waals surface area (Å²) in [6.45, 7) is 1.94. The van der Waals surface area contributed by atoms with Gasteiger partial charge in [0.25, 0.3) is 5.56 Å². The summed E-state index contributed by atoms with van der Waals surface area (Å²) in [5.74, 6) is 1.12. The highest BCUT2D eigenvalue weighted by molar-refractivity contribution is 7.89. The summed E-state index contributed by atoms with van der Waals surface area (Å²) in [5, 5.41) is 9.69. The Morgan fingerprint density at radius 1 is 1.12 bits per heavy atom. The second-order valence-corrected chi connectivity index (χ2v) is 10.9. The molecule has 0 unspecified atom stereocenters. The van der Waals surface area contributed by atoms with Crippen LogP contribution in [0.25, 0.3) is 11.5 Å².